The number of anilines is 1. The summed E-state index contributed by atoms with van der Waals surface area (Å²) in [6.07, 6.45) is 0. The van der Waals surface area contributed by atoms with Crippen LogP contribution in [0.2, 0.25) is 0 Å². The minimum Gasteiger partial charge on any atom is -0.497 e. The third kappa shape index (κ3) is 6.29. The molecule has 7 nitrogen and oxygen atoms in total. The van der Waals surface area contributed by atoms with Crippen molar-refractivity contribution in [2.24, 2.45) is 0 Å². The standard InChI is InChI=1S/C26H30N2O5S/c1-19-5-8-22(9-6-19)28(34(30,31)25-13-11-23(32-4)12-14-25)18-26(29)27-15-16-33-24-10-7-20(2)21(3)17-24/h5-14,17H,15-16,18H2,1-4H3,(H,27,29). The van der Waals surface area contributed by atoms with Crippen LogP contribution in [0.25, 0.3) is 0 Å². The number of nitrogens with one attached hydrogen (secondary N) is 1. The molecule has 180 valence electrons. The molecule has 0 radical (unpaired) electrons. The lowest BCUT2D eigenvalue weighted by Crippen LogP contribution is -2.41. The van der Waals surface area contributed by atoms with Crippen LogP contribution >= 0.6 is 0 Å². The molecule has 0 bridgehead atoms. The van der Waals surface area contributed by atoms with Gasteiger partial charge in [0.25, 0.3) is 10.0 Å². The Labute approximate surface area is 201 Å². The zero-order valence-corrected chi connectivity index (χ0v) is 20.7. The lowest BCUT2D eigenvalue weighted by molar-refractivity contribution is -0.119. The molecular formula is C26H30N2O5S. The van der Waals surface area contributed by atoms with Crippen LogP contribution in [0.15, 0.2) is 71.6 Å². The summed E-state index contributed by atoms with van der Waals surface area (Å²) in [6.45, 7) is 6.10. The van der Waals surface area contributed by atoms with Gasteiger partial charge in [-0.1, -0.05) is 23.8 Å². The Hall–Kier alpha value is -3.52. The second-order valence-corrected chi connectivity index (χ2v) is 9.83. The molecule has 34 heavy (non-hydrogen) atoms. The first-order valence-corrected chi connectivity index (χ1v) is 12.3. The predicted molar refractivity (Wildman–Crippen MR) is 133 cm³/mol. The van der Waals surface area contributed by atoms with Crippen molar-refractivity contribution < 1.29 is 22.7 Å². The Morgan fingerprint density at radius 2 is 1.53 bits per heavy atom. The number of carbonyl (C=O) groups is 1. The fourth-order valence-electron chi connectivity index (χ4n) is 3.25. The van der Waals surface area contributed by atoms with Gasteiger partial charge in [-0.2, -0.15) is 0 Å². The monoisotopic (exact) mass is 482 g/mol. The van der Waals surface area contributed by atoms with Gasteiger partial charge in [0.1, 0.15) is 24.7 Å². The maximum atomic E-state index is 13.4. The largest absolute Gasteiger partial charge is 0.497 e. The topological polar surface area (TPSA) is 84.9 Å². The van der Waals surface area contributed by atoms with Crippen LogP contribution in [-0.2, 0) is 14.8 Å². The molecule has 0 fully saturated rings. The van der Waals surface area contributed by atoms with E-state index in [9.17, 15) is 13.2 Å². The number of aryl methyl sites for hydroxylation is 3. The molecule has 0 spiro atoms. The number of nitrogens with zero attached hydrogens (tertiary/aromatic N) is 1. The van der Waals surface area contributed by atoms with Gasteiger partial charge in [-0.25, -0.2) is 8.42 Å². The summed E-state index contributed by atoms with van der Waals surface area (Å²) in [6, 6.07) is 18.9. The number of amides is 1. The first kappa shape index (κ1) is 25.1. The molecule has 0 saturated heterocycles. The number of hydrogen-bond donors (Lipinski definition) is 1. The fraction of sp³-hybridized carbons (Fsp3) is 0.269. The highest BCUT2D eigenvalue weighted by atomic mass is 32.2. The van der Waals surface area contributed by atoms with Crippen LogP contribution in [0, 0.1) is 20.8 Å². The Morgan fingerprint density at radius 3 is 2.15 bits per heavy atom. The number of rotatable bonds is 10. The smallest absolute Gasteiger partial charge is 0.264 e. The molecule has 1 N–H and O–H groups in total. The van der Waals surface area contributed by atoms with Crippen molar-refractivity contribution in [2.75, 3.05) is 31.1 Å². The number of ether oxygens (including phenoxy) is 2. The summed E-state index contributed by atoms with van der Waals surface area (Å²) >= 11 is 0. The fourth-order valence-corrected chi connectivity index (χ4v) is 4.67. The Morgan fingerprint density at radius 1 is 0.882 bits per heavy atom. The van der Waals surface area contributed by atoms with Gasteiger partial charge in [0, 0.05) is 0 Å². The molecule has 3 aromatic rings. The van der Waals surface area contributed by atoms with Crippen LogP contribution in [0.3, 0.4) is 0 Å². The molecular weight excluding hydrogens is 452 g/mol. The van der Waals surface area contributed by atoms with E-state index in [1.807, 2.05) is 39.0 Å². The van der Waals surface area contributed by atoms with Gasteiger partial charge < -0.3 is 14.8 Å². The van der Waals surface area contributed by atoms with E-state index in [2.05, 4.69) is 5.32 Å². The molecule has 0 atom stereocenters. The molecule has 1 amide bonds. The van der Waals surface area contributed by atoms with Crippen molar-refractivity contribution in [3.8, 4) is 11.5 Å². The minimum absolute atomic E-state index is 0.0692. The van der Waals surface area contributed by atoms with Crippen molar-refractivity contribution in [1.29, 1.82) is 0 Å². The number of sulfonamides is 1. The van der Waals surface area contributed by atoms with Gasteiger partial charge >= 0.3 is 0 Å². The maximum Gasteiger partial charge on any atom is 0.264 e. The lowest BCUT2D eigenvalue weighted by Gasteiger charge is -2.24. The van der Waals surface area contributed by atoms with Crippen molar-refractivity contribution in [3.63, 3.8) is 0 Å². The summed E-state index contributed by atoms with van der Waals surface area (Å²) in [4.78, 5) is 12.8. The summed E-state index contributed by atoms with van der Waals surface area (Å²) in [7, 11) is -2.47. The molecule has 8 heteroatoms. The molecule has 0 heterocycles. The highest BCUT2D eigenvalue weighted by Crippen LogP contribution is 2.25. The Kier molecular flexibility index (Phi) is 8.17. The van der Waals surface area contributed by atoms with E-state index in [0.29, 0.717) is 11.4 Å². The third-order valence-corrected chi connectivity index (χ3v) is 7.22. The van der Waals surface area contributed by atoms with Gasteiger partial charge in [0.15, 0.2) is 0 Å². The van der Waals surface area contributed by atoms with Crippen LogP contribution < -0.4 is 19.1 Å². The molecule has 0 aromatic heterocycles. The second-order valence-electron chi connectivity index (χ2n) is 7.97. The van der Waals surface area contributed by atoms with E-state index in [-0.39, 0.29) is 24.6 Å². The predicted octanol–water partition coefficient (Wildman–Crippen LogP) is 4.01. The Balaban J connectivity index is 1.70. The maximum absolute atomic E-state index is 13.4. The molecule has 3 aromatic carbocycles. The van der Waals surface area contributed by atoms with E-state index in [0.717, 1.165) is 21.2 Å². The van der Waals surface area contributed by atoms with E-state index in [1.54, 1.807) is 36.4 Å². The van der Waals surface area contributed by atoms with E-state index in [1.165, 1.54) is 24.8 Å². The lowest BCUT2D eigenvalue weighted by atomic mass is 10.1. The van der Waals surface area contributed by atoms with Crippen LogP contribution in [-0.4, -0.2) is 41.1 Å². The van der Waals surface area contributed by atoms with Crippen molar-refractivity contribution in [1.82, 2.24) is 5.32 Å². The average molecular weight is 483 g/mol. The highest BCUT2D eigenvalue weighted by Gasteiger charge is 2.27. The number of methoxy groups -OCH3 is 1. The molecule has 0 aliphatic carbocycles. The van der Waals surface area contributed by atoms with Crippen LogP contribution in [0.5, 0.6) is 11.5 Å². The van der Waals surface area contributed by atoms with Crippen LogP contribution in [0.1, 0.15) is 16.7 Å². The second kappa shape index (κ2) is 11.1. The number of carbonyl (C=O) groups excluding carboxylic acids is 1. The van der Waals surface area contributed by atoms with Gasteiger partial charge in [-0.3, -0.25) is 9.10 Å². The summed E-state index contributed by atoms with van der Waals surface area (Å²) < 4.78 is 38.7. The van der Waals surface area contributed by atoms with E-state index >= 15 is 0 Å². The summed E-state index contributed by atoms with van der Waals surface area (Å²) in [5.74, 6) is 0.837. The van der Waals surface area contributed by atoms with Crippen molar-refractivity contribution >= 4 is 21.6 Å². The first-order valence-electron chi connectivity index (χ1n) is 10.9. The van der Waals surface area contributed by atoms with E-state index in [4.69, 9.17) is 9.47 Å². The average Bonchev–Trinajstić information content (AvgIpc) is 2.83. The van der Waals surface area contributed by atoms with Gasteiger partial charge in [0.2, 0.25) is 5.91 Å². The van der Waals surface area contributed by atoms with Crippen molar-refractivity contribution in [2.45, 2.75) is 25.7 Å². The molecule has 0 unspecified atom stereocenters. The van der Waals surface area contributed by atoms with Crippen LogP contribution in [0.4, 0.5) is 5.69 Å². The first-order chi connectivity index (χ1) is 16.2. The highest BCUT2D eigenvalue weighted by molar-refractivity contribution is 7.92. The minimum atomic E-state index is -3.98. The zero-order valence-electron chi connectivity index (χ0n) is 19.9. The van der Waals surface area contributed by atoms with Gasteiger partial charge in [-0.05, 0) is 80.4 Å². The SMILES string of the molecule is COc1ccc(S(=O)(=O)N(CC(=O)NCCOc2ccc(C)c(C)c2)c2ccc(C)cc2)cc1. The third-order valence-electron chi connectivity index (χ3n) is 5.43. The molecule has 3 rings (SSSR count). The number of benzene rings is 3. The van der Waals surface area contributed by atoms with Crippen molar-refractivity contribution in [3.05, 3.63) is 83.4 Å². The van der Waals surface area contributed by atoms with Gasteiger partial charge in [0.05, 0.1) is 24.2 Å². The zero-order chi connectivity index (χ0) is 24.7. The molecule has 0 saturated carbocycles. The Bertz CT molecular complexity index is 1220. The van der Waals surface area contributed by atoms with E-state index < -0.39 is 15.9 Å². The summed E-state index contributed by atoms with van der Waals surface area (Å²) in [5, 5.41) is 2.74. The van der Waals surface area contributed by atoms with Gasteiger partial charge in [-0.15, -0.1) is 0 Å². The summed E-state index contributed by atoms with van der Waals surface area (Å²) in [5.41, 5.74) is 3.69. The normalized spacial score (nSPS) is 11.1. The molecule has 0 aliphatic heterocycles. The number of hydrogen-bond acceptors (Lipinski definition) is 5. The molecule has 0 aliphatic rings. The quantitative estimate of drug-likeness (QED) is 0.442.